The zero-order valence-electron chi connectivity index (χ0n) is 20.0. The number of nitrogens with zero attached hydrogens (tertiary/aromatic N) is 3. The predicted molar refractivity (Wildman–Crippen MR) is 128 cm³/mol. The summed E-state index contributed by atoms with van der Waals surface area (Å²) >= 11 is 0. The van der Waals surface area contributed by atoms with E-state index >= 15 is 0 Å². The van der Waals surface area contributed by atoms with Gasteiger partial charge in [-0.05, 0) is 19.1 Å². The van der Waals surface area contributed by atoms with Crippen LogP contribution in [0.2, 0.25) is 0 Å². The van der Waals surface area contributed by atoms with E-state index in [9.17, 15) is 14.3 Å². The van der Waals surface area contributed by atoms with Crippen LogP contribution in [0.5, 0.6) is 28.9 Å². The molecule has 1 aromatic carbocycles. The van der Waals surface area contributed by atoms with Crippen molar-refractivity contribution in [3.8, 4) is 28.9 Å². The first-order valence-corrected chi connectivity index (χ1v) is 10.7. The molecule has 0 aliphatic heterocycles. The van der Waals surface area contributed by atoms with Gasteiger partial charge in [0.05, 0.1) is 32.0 Å². The van der Waals surface area contributed by atoms with Crippen molar-refractivity contribution in [1.29, 1.82) is 0 Å². The second-order valence-corrected chi connectivity index (χ2v) is 7.62. The van der Waals surface area contributed by atoms with E-state index in [0.29, 0.717) is 22.5 Å². The molecule has 0 unspecified atom stereocenters. The lowest BCUT2D eigenvalue weighted by atomic mass is 10.1. The number of ether oxygens (including phenoxy) is 4. The Morgan fingerprint density at radius 3 is 2.53 bits per heavy atom. The zero-order valence-corrected chi connectivity index (χ0v) is 20.0. The van der Waals surface area contributed by atoms with Crippen molar-refractivity contribution in [2.24, 2.45) is 0 Å². The van der Waals surface area contributed by atoms with E-state index in [1.54, 1.807) is 19.1 Å². The number of hydrogen-bond acceptors (Lipinski definition) is 9. The average molecular weight is 494 g/mol. The summed E-state index contributed by atoms with van der Waals surface area (Å²) < 4.78 is 36.3. The fraction of sp³-hybridized carbons (Fsp3) is 0.200. The molecule has 0 fully saturated rings. The molecule has 0 spiro atoms. The van der Waals surface area contributed by atoms with Crippen molar-refractivity contribution < 1.29 is 33.2 Å². The van der Waals surface area contributed by atoms with Gasteiger partial charge < -0.3 is 29.4 Å². The fourth-order valence-electron chi connectivity index (χ4n) is 3.57. The largest absolute Gasteiger partial charge is 0.507 e. The van der Waals surface area contributed by atoms with Crippen molar-refractivity contribution in [1.82, 2.24) is 15.0 Å². The van der Waals surface area contributed by atoms with Gasteiger partial charge >= 0.3 is 0 Å². The summed E-state index contributed by atoms with van der Waals surface area (Å²) in [6.45, 7) is 1.70. The fourth-order valence-corrected chi connectivity index (χ4v) is 3.57. The molecule has 0 aliphatic carbocycles. The lowest BCUT2D eigenvalue weighted by molar-refractivity contribution is 0.101. The first-order chi connectivity index (χ1) is 17.3. The molecule has 3 heterocycles. The summed E-state index contributed by atoms with van der Waals surface area (Å²) in [7, 11) is 4.38. The minimum Gasteiger partial charge on any atom is -0.507 e. The van der Waals surface area contributed by atoms with Crippen LogP contribution in [-0.2, 0) is 11.3 Å². The highest BCUT2D eigenvalue weighted by Crippen LogP contribution is 2.35. The SMILES string of the molecule is COCc1nc(C)cc(O)c1C(=O)Nc1ccc(Oc2ccnc3cc(OC)c(OC)nc23)c(F)c1. The Morgan fingerprint density at radius 1 is 1.03 bits per heavy atom. The molecule has 4 aromatic rings. The van der Waals surface area contributed by atoms with E-state index < -0.39 is 11.7 Å². The highest BCUT2D eigenvalue weighted by Gasteiger charge is 2.20. The van der Waals surface area contributed by atoms with E-state index in [1.165, 1.54) is 45.7 Å². The van der Waals surface area contributed by atoms with Gasteiger partial charge in [0.25, 0.3) is 11.8 Å². The number of aromatic nitrogens is 3. The van der Waals surface area contributed by atoms with Crippen molar-refractivity contribution in [3.05, 3.63) is 65.4 Å². The molecule has 36 heavy (non-hydrogen) atoms. The molecule has 186 valence electrons. The van der Waals surface area contributed by atoms with Crippen LogP contribution in [0.15, 0.2) is 42.6 Å². The predicted octanol–water partition coefficient (Wildman–Crippen LogP) is 4.39. The third-order valence-electron chi connectivity index (χ3n) is 5.14. The van der Waals surface area contributed by atoms with Gasteiger partial charge in [-0.25, -0.2) is 9.37 Å². The Hall–Kier alpha value is -4.51. The van der Waals surface area contributed by atoms with Gasteiger partial charge in [0.15, 0.2) is 23.1 Å². The first-order valence-electron chi connectivity index (χ1n) is 10.7. The maximum absolute atomic E-state index is 14.9. The van der Waals surface area contributed by atoms with E-state index in [2.05, 4.69) is 20.3 Å². The first kappa shape index (κ1) is 24.6. The molecule has 0 bridgehead atoms. The number of methoxy groups -OCH3 is 3. The number of halogens is 1. The standard InChI is InChI=1S/C25H23FN4O6/c1-13-9-18(31)22(17(28-13)12-33-2)24(32)29-14-5-6-19(15(26)10-14)36-20-7-8-27-16-11-21(34-3)25(35-4)30-23(16)20/h5-11H,12H2,1-4H3,(H,28,31)(H,29,32). The van der Waals surface area contributed by atoms with Gasteiger partial charge in [0.2, 0.25) is 0 Å². The Morgan fingerprint density at radius 2 is 1.83 bits per heavy atom. The second-order valence-electron chi connectivity index (χ2n) is 7.62. The number of rotatable bonds is 8. The molecular weight excluding hydrogens is 471 g/mol. The van der Waals surface area contributed by atoms with Gasteiger partial charge in [0, 0.05) is 49.0 Å². The number of aromatic hydroxyl groups is 1. The second kappa shape index (κ2) is 10.4. The average Bonchev–Trinajstić information content (AvgIpc) is 2.84. The highest BCUT2D eigenvalue weighted by molar-refractivity contribution is 6.07. The summed E-state index contributed by atoms with van der Waals surface area (Å²) in [5.41, 5.74) is 1.70. The number of fused-ring (bicyclic) bond motifs is 1. The van der Waals surface area contributed by atoms with Crippen molar-refractivity contribution in [2.45, 2.75) is 13.5 Å². The van der Waals surface area contributed by atoms with Crippen LogP contribution in [0.3, 0.4) is 0 Å². The van der Waals surface area contributed by atoms with Crippen LogP contribution in [0, 0.1) is 12.7 Å². The molecule has 0 aliphatic rings. The monoisotopic (exact) mass is 494 g/mol. The lowest BCUT2D eigenvalue weighted by Gasteiger charge is -2.13. The Labute approximate surface area is 205 Å². The summed E-state index contributed by atoms with van der Waals surface area (Å²) in [5.74, 6) is -0.885. The molecule has 10 nitrogen and oxygen atoms in total. The number of pyridine rings is 3. The molecule has 2 N–H and O–H groups in total. The van der Waals surface area contributed by atoms with Gasteiger partial charge in [-0.3, -0.25) is 14.8 Å². The zero-order chi connectivity index (χ0) is 25.8. The maximum Gasteiger partial charge on any atom is 0.261 e. The third kappa shape index (κ3) is 4.96. The Balaban J connectivity index is 1.60. The number of hydrogen-bond donors (Lipinski definition) is 2. The Bertz CT molecular complexity index is 1450. The minimum absolute atomic E-state index is 0.0176. The number of amides is 1. The number of carbonyl (C=O) groups is 1. The molecule has 4 rings (SSSR count). The normalized spacial score (nSPS) is 10.8. The topological polar surface area (TPSA) is 125 Å². The van der Waals surface area contributed by atoms with E-state index in [-0.39, 0.29) is 46.7 Å². The number of aryl methyl sites for hydroxylation is 1. The van der Waals surface area contributed by atoms with Crippen LogP contribution >= 0.6 is 0 Å². The van der Waals surface area contributed by atoms with Crippen LogP contribution in [0.25, 0.3) is 11.0 Å². The lowest BCUT2D eigenvalue weighted by Crippen LogP contribution is -2.16. The van der Waals surface area contributed by atoms with E-state index in [4.69, 9.17) is 18.9 Å². The molecule has 11 heteroatoms. The smallest absolute Gasteiger partial charge is 0.261 e. The summed E-state index contributed by atoms with van der Waals surface area (Å²) in [6, 6.07) is 8.47. The number of carbonyl (C=O) groups excluding carboxylic acids is 1. The van der Waals surface area contributed by atoms with Crippen LogP contribution in [0.4, 0.5) is 10.1 Å². The Kier molecular flexibility index (Phi) is 7.11. The van der Waals surface area contributed by atoms with Crippen LogP contribution in [-0.4, -0.2) is 47.3 Å². The third-order valence-corrected chi connectivity index (χ3v) is 5.14. The number of nitrogens with one attached hydrogen (secondary N) is 1. The van der Waals surface area contributed by atoms with Crippen molar-refractivity contribution in [3.63, 3.8) is 0 Å². The maximum atomic E-state index is 14.9. The van der Waals surface area contributed by atoms with Crippen LogP contribution < -0.4 is 19.5 Å². The van der Waals surface area contributed by atoms with Crippen LogP contribution in [0.1, 0.15) is 21.7 Å². The van der Waals surface area contributed by atoms with Gasteiger partial charge in [0.1, 0.15) is 16.8 Å². The molecule has 1 amide bonds. The summed E-state index contributed by atoms with van der Waals surface area (Å²) in [6.07, 6.45) is 1.50. The van der Waals surface area contributed by atoms with Crippen molar-refractivity contribution in [2.75, 3.05) is 26.6 Å². The quantitative estimate of drug-likeness (QED) is 0.367. The highest BCUT2D eigenvalue weighted by atomic mass is 19.1. The van der Waals surface area contributed by atoms with Gasteiger partial charge in [-0.1, -0.05) is 0 Å². The molecule has 0 radical (unpaired) electrons. The number of anilines is 1. The number of benzene rings is 1. The summed E-state index contributed by atoms with van der Waals surface area (Å²) in [4.78, 5) is 25.7. The molecular formula is C25H23FN4O6. The van der Waals surface area contributed by atoms with Gasteiger partial charge in [-0.2, -0.15) is 0 Å². The minimum atomic E-state index is -0.735. The van der Waals surface area contributed by atoms with Crippen molar-refractivity contribution >= 4 is 22.6 Å². The summed E-state index contributed by atoms with van der Waals surface area (Å²) in [5, 5.41) is 12.9. The molecule has 0 saturated heterocycles. The molecule has 0 saturated carbocycles. The van der Waals surface area contributed by atoms with Gasteiger partial charge in [-0.15, -0.1) is 0 Å². The molecule has 3 aromatic heterocycles. The molecule has 0 atom stereocenters. The van der Waals surface area contributed by atoms with E-state index in [1.807, 2.05) is 0 Å². The van der Waals surface area contributed by atoms with E-state index in [0.717, 1.165) is 6.07 Å².